The largest absolute Gasteiger partial charge is 0.327 e. The van der Waals surface area contributed by atoms with Gasteiger partial charge in [-0.05, 0) is 26.2 Å². The van der Waals surface area contributed by atoms with Gasteiger partial charge in [-0.3, -0.25) is 0 Å². The van der Waals surface area contributed by atoms with Crippen LogP contribution >= 0.6 is 0 Å². The summed E-state index contributed by atoms with van der Waals surface area (Å²) in [6.45, 7) is 12.0. The fraction of sp³-hybridized carbons (Fsp3) is 0.917. The van der Waals surface area contributed by atoms with Gasteiger partial charge in [0.05, 0.1) is 19.8 Å². The number of hydrogen-bond acceptors (Lipinski definition) is 3. The Balaban J connectivity index is 0. The first-order chi connectivity index (χ1) is 7.24. The van der Waals surface area contributed by atoms with Gasteiger partial charge in [0, 0.05) is 32.6 Å². The molecule has 0 unspecified atom stereocenters. The van der Waals surface area contributed by atoms with Gasteiger partial charge in [0.25, 0.3) is 5.97 Å². The van der Waals surface area contributed by atoms with E-state index in [0.717, 1.165) is 19.3 Å². The average Bonchev–Trinajstić information content (AvgIpc) is 2.29. The van der Waals surface area contributed by atoms with E-state index >= 15 is 0 Å². The molecule has 0 aliphatic heterocycles. The van der Waals surface area contributed by atoms with E-state index in [1.54, 1.807) is 0 Å². The standard InChI is InChI=1S/C12H25O3.Zr/c1-5-9-13-12(8-4,14-10-6-2)15-11-7-3;/h4-11H2,1-3H3;. The van der Waals surface area contributed by atoms with Crippen molar-refractivity contribution in [3.05, 3.63) is 6.92 Å². The Hall–Kier alpha value is 0.763. The monoisotopic (exact) mass is 307 g/mol. The van der Waals surface area contributed by atoms with Crippen LogP contribution in [0.25, 0.3) is 0 Å². The Kier molecular flexibility index (Phi) is 14.6. The molecule has 0 bridgehead atoms. The number of ether oxygens (including phenoxy) is 3. The van der Waals surface area contributed by atoms with Crippen LogP contribution in [-0.4, -0.2) is 25.8 Å². The minimum atomic E-state index is -0.915. The van der Waals surface area contributed by atoms with Crippen LogP contribution in [0.1, 0.15) is 46.5 Å². The van der Waals surface area contributed by atoms with Crippen molar-refractivity contribution in [1.82, 2.24) is 0 Å². The average molecular weight is 309 g/mol. The van der Waals surface area contributed by atoms with E-state index in [2.05, 4.69) is 27.7 Å². The van der Waals surface area contributed by atoms with Crippen molar-refractivity contribution in [2.24, 2.45) is 0 Å². The molecular formula is C12H25O3Zr. The summed E-state index contributed by atoms with van der Waals surface area (Å²) in [5.74, 6) is -0.915. The van der Waals surface area contributed by atoms with Crippen LogP contribution in [0.3, 0.4) is 0 Å². The van der Waals surface area contributed by atoms with Crippen LogP contribution in [0.4, 0.5) is 0 Å². The van der Waals surface area contributed by atoms with Gasteiger partial charge in [-0.15, -0.1) is 0 Å². The van der Waals surface area contributed by atoms with Crippen LogP contribution in [0.15, 0.2) is 0 Å². The van der Waals surface area contributed by atoms with Crippen molar-refractivity contribution < 1.29 is 40.4 Å². The minimum absolute atomic E-state index is 0. The summed E-state index contributed by atoms with van der Waals surface area (Å²) in [7, 11) is 0. The first-order valence-electron chi connectivity index (χ1n) is 5.95. The molecular weight excluding hydrogens is 283 g/mol. The molecule has 0 aromatic carbocycles. The van der Waals surface area contributed by atoms with Gasteiger partial charge in [0.1, 0.15) is 0 Å². The van der Waals surface area contributed by atoms with Crippen molar-refractivity contribution in [2.75, 3.05) is 19.8 Å². The Bertz CT molecular complexity index is 120. The molecule has 0 aromatic heterocycles. The van der Waals surface area contributed by atoms with Gasteiger partial charge in [-0.2, -0.15) is 0 Å². The van der Waals surface area contributed by atoms with Crippen molar-refractivity contribution in [1.29, 1.82) is 0 Å². The molecule has 0 N–H and O–H groups in total. The summed E-state index contributed by atoms with van der Waals surface area (Å²) < 4.78 is 16.9. The molecule has 0 aliphatic rings. The maximum absolute atomic E-state index is 5.63. The van der Waals surface area contributed by atoms with E-state index in [1.807, 2.05) is 0 Å². The van der Waals surface area contributed by atoms with Crippen LogP contribution in [0, 0.1) is 6.92 Å². The Morgan fingerprint density at radius 1 is 0.812 bits per heavy atom. The van der Waals surface area contributed by atoms with Gasteiger partial charge in [-0.25, -0.2) is 0 Å². The number of hydrogen-bond donors (Lipinski definition) is 0. The SMILES string of the molecule is [CH2]CC(OCCC)(OCCC)OCCC.[Zr]. The molecule has 3 nitrogen and oxygen atoms in total. The van der Waals surface area contributed by atoms with Gasteiger partial charge in [-0.1, -0.05) is 20.8 Å². The van der Waals surface area contributed by atoms with E-state index < -0.39 is 5.97 Å². The van der Waals surface area contributed by atoms with Gasteiger partial charge in [0.15, 0.2) is 0 Å². The predicted octanol–water partition coefficient (Wildman–Crippen LogP) is 3.14. The zero-order valence-electron chi connectivity index (χ0n) is 10.9. The summed E-state index contributed by atoms with van der Waals surface area (Å²) in [4.78, 5) is 0. The normalized spacial score (nSPS) is 11.2. The fourth-order valence-corrected chi connectivity index (χ4v) is 1.11. The summed E-state index contributed by atoms with van der Waals surface area (Å²) in [6, 6.07) is 0. The van der Waals surface area contributed by atoms with Crippen molar-refractivity contribution in [3.8, 4) is 0 Å². The summed E-state index contributed by atoms with van der Waals surface area (Å²) in [5.41, 5.74) is 0. The second kappa shape index (κ2) is 12.2. The molecule has 0 heterocycles. The third kappa shape index (κ3) is 7.94. The first kappa shape index (κ1) is 19.1. The molecule has 1 radical (unpaired) electrons. The summed E-state index contributed by atoms with van der Waals surface area (Å²) >= 11 is 0. The second-order valence-electron chi connectivity index (χ2n) is 3.48. The molecule has 0 aromatic rings. The van der Waals surface area contributed by atoms with Crippen LogP contribution in [0.2, 0.25) is 0 Å². The third-order valence-electron chi connectivity index (χ3n) is 1.88. The van der Waals surface area contributed by atoms with E-state index in [-0.39, 0.29) is 26.2 Å². The maximum Gasteiger partial charge on any atom is 0.282 e. The van der Waals surface area contributed by atoms with Crippen LogP contribution in [-0.2, 0) is 40.4 Å². The van der Waals surface area contributed by atoms with E-state index in [1.165, 1.54) is 0 Å². The van der Waals surface area contributed by atoms with Crippen molar-refractivity contribution >= 4 is 0 Å². The minimum Gasteiger partial charge on any atom is -0.327 e. The molecule has 95 valence electrons. The quantitative estimate of drug-likeness (QED) is 0.580. The molecule has 16 heavy (non-hydrogen) atoms. The summed E-state index contributed by atoms with van der Waals surface area (Å²) in [5, 5.41) is 0. The van der Waals surface area contributed by atoms with Crippen molar-refractivity contribution in [3.63, 3.8) is 0 Å². The molecule has 0 atom stereocenters. The summed E-state index contributed by atoms with van der Waals surface area (Å²) in [6.07, 6.45) is 3.33. The molecule has 0 saturated carbocycles. The van der Waals surface area contributed by atoms with Gasteiger partial charge in [0.2, 0.25) is 0 Å². The van der Waals surface area contributed by atoms with Crippen LogP contribution < -0.4 is 0 Å². The van der Waals surface area contributed by atoms with E-state index in [0.29, 0.717) is 26.2 Å². The first-order valence-corrected chi connectivity index (χ1v) is 5.95. The third-order valence-corrected chi connectivity index (χ3v) is 1.88. The molecule has 0 fully saturated rings. The molecule has 4 heteroatoms. The molecule has 0 aliphatic carbocycles. The smallest absolute Gasteiger partial charge is 0.282 e. The van der Waals surface area contributed by atoms with Crippen LogP contribution in [0.5, 0.6) is 0 Å². The molecule has 0 saturated heterocycles. The topological polar surface area (TPSA) is 27.7 Å². The zero-order valence-corrected chi connectivity index (χ0v) is 13.3. The fourth-order valence-electron chi connectivity index (χ4n) is 1.11. The molecule has 0 amide bonds. The maximum atomic E-state index is 5.63. The predicted molar refractivity (Wildman–Crippen MR) is 61.4 cm³/mol. The van der Waals surface area contributed by atoms with Gasteiger partial charge >= 0.3 is 0 Å². The van der Waals surface area contributed by atoms with Crippen molar-refractivity contribution in [2.45, 2.75) is 52.4 Å². The van der Waals surface area contributed by atoms with Gasteiger partial charge < -0.3 is 14.2 Å². The molecule has 0 spiro atoms. The Morgan fingerprint density at radius 3 is 1.31 bits per heavy atom. The van der Waals surface area contributed by atoms with E-state index in [9.17, 15) is 0 Å². The molecule has 0 rings (SSSR count). The Labute approximate surface area is 119 Å². The second-order valence-corrected chi connectivity index (χ2v) is 3.48. The Morgan fingerprint density at radius 2 is 1.12 bits per heavy atom. The van der Waals surface area contributed by atoms with E-state index in [4.69, 9.17) is 14.2 Å². The number of rotatable bonds is 10. The zero-order chi connectivity index (χ0) is 11.6.